The van der Waals surface area contributed by atoms with E-state index in [2.05, 4.69) is 27.0 Å². The molecule has 2 atom stereocenters. The molecule has 2 aromatic carbocycles. The van der Waals surface area contributed by atoms with Gasteiger partial charge >= 0.3 is 0 Å². The minimum absolute atomic E-state index is 0.118. The van der Waals surface area contributed by atoms with Crippen LogP contribution in [0.2, 0.25) is 0 Å². The maximum atomic E-state index is 13.4. The lowest BCUT2D eigenvalue weighted by Crippen LogP contribution is -2.57. The van der Waals surface area contributed by atoms with Crippen LogP contribution in [-0.2, 0) is 22.4 Å². The van der Waals surface area contributed by atoms with Crippen LogP contribution < -0.4 is 0 Å². The normalized spacial score (nSPS) is 20.8. The summed E-state index contributed by atoms with van der Waals surface area (Å²) < 4.78 is 13.4. The van der Waals surface area contributed by atoms with Gasteiger partial charge < -0.3 is 14.8 Å². The van der Waals surface area contributed by atoms with Crippen molar-refractivity contribution in [3.63, 3.8) is 0 Å². The fourth-order valence-electron chi connectivity index (χ4n) is 5.30. The molecule has 1 N–H and O–H groups in total. The third-order valence-corrected chi connectivity index (χ3v) is 7.05. The number of nitrogens with one attached hydrogen (secondary N) is 1. The third-order valence-electron chi connectivity index (χ3n) is 7.05. The van der Waals surface area contributed by atoms with E-state index in [4.69, 9.17) is 0 Å². The number of halogens is 1. The third kappa shape index (κ3) is 4.77. The minimum atomic E-state index is -0.305. The molecule has 0 aliphatic carbocycles. The first-order chi connectivity index (χ1) is 16.1. The molecule has 2 fully saturated rings. The van der Waals surface area contributed by atoms with Crippen molar-refractivity contribution in [2.24, 2.45) is 5.92 Å². The number of rotatable bonds is 6. The SMILES string of the molecule is O=C(CCc1nc2ccc(F)cc2[nH]1)N1CC[C@H]2[C@H](CCC(=O)N2CCc2ccccc2)C1. The van der Waals surface area contributed by atoms with Gasteiger partial charge in [0, 0.05) is 44.9 Å². The Bertz CT molecular complexity index is 1150. The Morgan fingerprint density at radius 3 is 2.82 bits per heavy atom. The van der Waals surface area contributed by atoms with Crippen molar-refractivity contribution in [3.8, 4) is 0 Å². The molecule has 0 unspecified atom stereocenters. The number of hydrogen-bond donors (Lipinski definition) is 1. The van der Waals surface area contributed by atoms with Crippen molar-refractivity contribution >= 4 is 22.8 Å². The summed E-state index contributed by atoms with van der Waals surface area (Å²) in [6.45, 7) is 2.13. The number of carbonyl (C=O) groups excluding carboxylic acids is 2. The Hall–Kier alpha value is -3.22. The first-order valence-corrected chi connectivity index (χ1v) is 11.8. The van der Waals surface area contributed by atoms with Gasteiger partial charge in [0.2, 0.25) is 11.8 Å². The van der Waals surface area contributed by atoms with E-state index < -0.39 is 0 Å². The average molecular weight is 449 g/mol. The lowest BCUT2D eigenvalue weighted by Gasteiger charge is -2.47. The van der Waals surface area contributed by atoms with Crippen LogP contribution in [0.3, 0.4) is 0 Å². The van der Waals surface area contributed by atoms with Crippen LogP contribution in [0.15, 0.2) is 48.5 Å². The molecule has 0 bridgehead atoms. The van der Waals surface area contributed by atoms with Gasteiger partial charge in [0.1, 0.15) is 11.6 Å². The Labute approximate surface area is 192 Å². The van der Waals surface area contributed by atoms with E-state index >= 15 is 0 Å². The summed E-state index contributed by atoms with van der Waals surface area (Å²) in [7, 11) is 0. The van der Waals surface area contributed by atoms with E-state index in [0.29, 0.717) is 55.1 Å². The smallest absolute Gasteiger partial charge is 0.223 e. The second-order valence-electron chi connectivity index (χ2n) is 9.16. The quantitative estimate of drug-likeness (QED) is 0.625. The summed E-state index contributed by atoms with van der Waals surface area (Å²) in [5, 5.41) is 0. The zero-order chi connectivity index (χ0) is 22.8. The van der Waals surface area contributed by atoms with Gasteiger partial charge in [0.25, 0.3) is 0 Å². The van der Waals surface area contributed by atoms with E-state index in [9.17, 15) is 14.0 Å². The maximum Gasteiger partial charge on any atom is 0.223 e. The van der Waals surface area contributed by atoms with Gasteiger partial charge in [-0.2, -0.15) is 0 Å². The molecule has 2 saturated heterocycles. The monoisotopic (exact) mass is 448 g/mol. The molecule has 2 aliphatic heterocycles. The summed E-state index contributed by atoms with van der Waals surface area (Å²) in [5.41, 5.74) is 2.61. The fourth-order valence-corrected chi connectivity index (χ4v) is 5.30. The Balaban J connectivity index is 1.16. The maximum absolute atomic E-state index is 13.4. The predicted molar refractivity (Wildman–Crippen MR) is 124 cm³/mol. The average Bonchev–Trinajstić information content (AvgIpc) is 3.24. The summed E-state index contributed by atoms with van der Waals surface area (Å²) in [4.78, 5) is 37.2. The Kier molecular flexibility index (Phi) is 6.11. The number of aryl methyl sites for hydroxylation is 1. The number of hydrogen-bond acceptors (Lipinski definition) is 3. The van der Waals surface area contributed by atoms with Crippen LogP contribution in [-0.4, -0.2) is 57.3 Å². The number of likely N-dealkylation sites (tertiary alicyclic amines) is 2. The molecule has 7 heteroatoms. The molecule has 5 rings (SSSR count). The van der Waals surface area contributed by atoms with Gasteiger partial charge in [0.05, 0.1) is 11.0 Å². The lowest BCUT2D eigenvalue weighted by molar-refractivity contribution is -0.144. The van der Waals surface area contributed by atoms with Gasteiger partial charge in [-0.05, 0) is 48.9 Å². The second-order valence-corrected chi connectivity index (χ2v) is 9.16. The van der Waals surface area contributed by atoms with Crippen molar-refractivity contribution in [2.45, 2.75) is 44.6 Å². The van der Waals surface area contributed by atoms with Gasteiger partial charge in [-0.1, -0.05) is 30.3 Å². The molecule has 2 aliphatic rings. The molecule has 0 spiro atoms. The van der Waals surface area contributed by atoms with Crippen LogP contribution in [0.1, 0.15) is 37.1 Å². The van der Waals surface area contributed by atoms with Crippen molar-refractivity contribution in [3.05, 3.63) is 65.7 Å². The number of aromatic amines is 1. The second kappa shape index (κ2) is 9.33. The summed E-state index contributed by atoms with van der Waals surface area (Å²) in [6, 6.07) is 15.0. The molecule has 2 amide bonds. The Morgan fingerprint density at radius 1 is 1.12 bits per heavy atom. The first kappa shape index (κ1) is 21.6. The highest BCUT2D eigenvalue weighted by Crippen LogP contribution is 2.32. The highest BCUT2D eigenvalue weighted by molar-refractivity contribution is 5.79. The minimum Gasteiger partial charge on any atom is -0.342 e. The molecule has 6 nitrogen and oxygen atoms in total. The molecular weight excluding hydrogens is 419 g/mol. The van der Waals surface area contributed by atoms with Crippen LogP contribution in [0.4, 0.5) is 4.39 Å². The van der Waals surface area contributed by atoms with E-state index in [1.54, 1.807) is 6.07 Å². The molecule has 0 radical (unpaired) electrons. The van der Waals surface area contributed by atoms with Crippen molar-refractivity contribution in [1.29, 1.82) is 0 Å². The van der Waals surface area contributed by atoms with Gasteiger partial charge in [0.15, 0.2) is 0 Å². The van der Waals surface area contributed by atoms with Crippen LogP contribution in [0, 0.1) is 11.7 Å². The number of benzene rings is 2. The summed E-state index contributed by atoms with van der Waals surface area (Å²) in [6.07, 6.45) is 3.98. The predicted octanol–water partition coefficient (Wildman–Crippen LogP) is 3.72. The van der Waals surface area contributed by atoms with E-state index in [0.717, 1.165) is 25.8 Å². The highest BCUT2D eigenvalue weighted by atomic mass is 19.1. The van der Waals surface area contributed by atoms with Gasteiger partial charge in [-0.25, -0.2) is 9.37 Å². The molecule has 33 heavy (non-hydrogen) atoms. The van der Waals surface area contributed by atoms with Gasteiger partial charge in [-0.3, -0.25) is 9.59 Å². The van der Waals surface area contributed by atoms with E-state index in [1.807, 2.05) is 23.1 Å². The van der Waals surface area contributed by atoms with Crippen LogP contribution >= 0.6 is 0 Å². The molecule has 1 aromatic heterocycles. The van der Waals surface area contributed by atoms with Crippen molar-refractivity contribution < 1.29 is 14.0 Å². The number of piperidine rings is 2. The zero-order valence-corrected chi connectivity index (χ0v) is 18.7. The van der Waals surface area contributed by atoms with Crippen molar-refractivity contribution in [1.82, 2.24) is 19.8 Å². The molecule has 172 valence electrons. The van der Waals surface area contributed by atoms with Crippen molar-refractivity contribution in [2.75, 3.05) is 19.6 Å². The molecular formula is C26H29FN4O2. The number of amides is 2. The summed E-state index contributed by atoms with van der Waals surface area (Å²) in [5.74, 6) is 1.10. The number of aromatic nitrogens is 2. The number of carbonyl (C=O) groups is 2. The number of H-pyrrole nitrogens is 1. The summed E-state index contributed by atoms with van der Waals surface area (Å²) >= 11 is 0. The fraction of sp³-hybridized carbons (Fsp3) is 0.423. The highest BCUT2D eigenvalue weighted by Gasteiger charge is 2.39. The first-order valence-electron chi connectivity index (χ1n) is 11.8. The number of fused-ring (bicyclic) bond motifs is 2. The number of nitrogens with zero attached hydrogens (tertiary/aromatic N) is 3. The van der Waals surface area contributed by atoms with E-state index in [1.165, 1.54) is 17.7 Å². The Morgan fingerprint density at radius 2 is 1.97 bits per heavy atom. The standard InChI is InChI=1S/C26H29FN4O2/c27-20-7-8-21-22(16-20)29-24(28-21)9-11-25(32)30-14-13-23-19(17-30)6-10-26(33)31(23)15-12-18-4-2-1-3-5-18/h1-5,7-8,16,19,23H,6,9-15,17H2,(H,28,29)/t19-,23+/m1/s1. The topological polar surface area (TPSA) is 69.3 Å². The van der Waals surface area contributed by atoms with Crippen LogP contribution in [0.25, 0.3) is 11.0 Å². The number of imidazole rings is 1. The molecule has 0 saturated carbocycles. The molecule has 3 aromatic rings. The zero-order valence-electron chi connectivity index (χ0n) is 18.7. The molecule has 3 heterocycles. The van der Waals surface area contributed by atoms with E-state index in [-0.39, 0.29) is 23.7 Å². The van der Waals surface area contributed by atoms with Gasteiger partial charge in [-0.15, -0.1) is 0 Å². The largest absolute Gasteiger partial charge is 0.342 e. The van der Waals surface area contributed by atoms with Crippen LogP contribution in [0.5, 0.6) is 0 Å². The lowest BCUT2D eigenvalue weighted by atomic mass is 9.83.